The number of alkyl halides is 2. The highest BCUT2D eigenvalue weighted by Crippen LogP contribution is 2.29. The normalized spacial score (nSPS) is 19.4. The van der Waals surface area contributed by atoms with E-state index in [2.05, 4.69) is 24.2 Å². The highest BCUT2D eigenvalue weighted by Gasteiger charge is 2.28. The molecule has 0 aromatic heterocycles. The molecule has 0 aliphatic carbocycles. The van der Waals surface area contributed by atoms with Crippen molar-refractivity contribution in [1.29, 1.82) is 0 Å². The van der Waals surface area contributed by atoms with Crippen LogP contribution in [0.3, 0.4) is 0 Å². The first-order chi connectivity index (χ1) is 9.48. The van der Waals surface area contributed by atoms with Gasteiger partial charge in [-0.25, -0.2) is 8.78 Å². The van der Waals surface area contributed by atoms with E-state index in [0.29, 0.717) is 12.0 Å². The Bertz CT molecular complexity index is 426. The van der Waals surface area contributed by atoms with E-state index in [4.69, 9.17) is 0 Å². The summed E-state index contributed by atoms with van der Waals surface area (Å²) in [6.07, 6.45) is -0.0115. The van der Waals surface area contributed by atoms with Gasteiger partial charge in [0.2, 0.25) is 0 Å². The number of piperidine rings is 1. The van der Waals surface area contributed by atoms with Crippen LogP contribution in [0.5, 0.6) is 0 Å². The fourth-order valence-corrected chi connectivity index (χ4v) is 2.68. The van der Waals surface area contributed by atoms with Crippen molar-refractivity contribution in [2.75, 3.05) is 26.7 Å². The summed E-state index contributed by atoms with van der Waals surface area (Å²) in [5.41, 5.74) is 1.36. The number of halogens is 2. The first kappa shape index (κ1) is 15.4. The molecule has 0 radical (unpaired) electrons. The second kappa shape index (κ2) is 6.64. The van der Waals surface area contributed by atoms with Crippen LogP contribution < -0.4 is 5.32 Å². The van der Waals surface area contributed by atoms with E-state index in [-0.39, 0.29) is 5.56 Å². The number of rotatable bonds is 5. The third-order valence-corrected chi connectivity index (χ3v) is 4.28. The second-order valence-corrected chi connectivity index (χ2v) is 6.26. The lowest BCUT2D eigenvalue weighted by Gasteiger charge is -2.38. The average molecular weight is 282 g/mol. The van der Waals surface area contributed by atoms with Gasteiger partial charge in [-0.3, -0.25) is 0 Å². The van der Waals surface area contributed by atoms with Crippen LogP contribution in [-0.4, -0.2) is 31.6 Å². The predicted octanol–water partition coefficient (Wildman–Crippen LogP) is 3.45. The number of hydrogen-bond donors (Lipinski definition) is 1. The fraction of sp³-hybridized carbons (Fsp3) is 0.625. The largest absolute Gasteiger partial charge is 0.312 e. The standard InChI is InChI=1S/C16H24F2N2/c1-16(6-8-20(2)9-7-16)12-19-11-13-4-3-5-14(10-13)15(17)18/h3-5,10,15,19H,6-9,11-12H2,1-2H3. The van der Waals surface area contributed by atoms with Gasteiger partial charge in [-0.05, 0) is 50.0 Å². The van der Waals surface area contributed by atoms with Crippen LogP contribution in [0.15, 0.2) is 24.3 Å². The fourth-order valence-electron chi connectivity index (χ4n) is 2.68. The summed E-state index contributed by atoms with van der Waals surface area (Å²) in [6.45, 7) is 6.19. The molecule has 1 fully saturated rings. The van der Waals surface area contributed by atoms with Gasteiger partial charge in [0.15, 0.2) is 0 Å². The van der Waals surface area contributed by atoms with E-state index in [9.17, 15) is 8.78 Å². The molecule has 112 valence electrons. The molecule has 0 spiro atoms. The van der Waals surface area contributed by atoms with Crippen LogP contribution in [0, 0.1) is 5.41 Å². The first-order valence-corrected chi connectivity index (χ1v) is 7.25. The van der Waals surface area contributed by atoms with Crippen molar-refractivity contribution in [2.24, 2.45) is 5.41 Å². The highest BCUT2D eigenvalue weighted by atomic mass is 19.3. The van der Waals surface area contributed by atoms with Crippen molar-refractivity contribution in [3.8, 4) is 0 Å². The quantitative estimate of drug-likeness (QED) is 0.890. The summed E-state index contributed by atoms with van der Waals surface area (Å²) in [4.78, 5) is 2.36. The van der Waals surface area contributed by atoms with Gasteiger partial charge < -0.3 is 10.2 Å². The minimum Gasteiger partial charge on any atom is -0.312 e. The minimum atomic E-state index is -2.39. The average Bonchev–Trinajstić information content (AvgIpc) is 2.43. The summed E-state index contributed by atoms with van der Waals surface area (Å²) in [5, 5.41) is 3.43. The second-order valence-electron chi connectivity index (χ2n) is 6.26. The highest BCUT2D eigenvalue weighted by molar-refractivity contribution is 5.24. The Morgan fingerprint density at radius 3 is 2.65 bits per heavy atom. The lowest BCUT2D eigenvalue weighted by atomic mass is 9.80. The van der Waals surface area contributed by atoms with E-state index in [0.717, 1.165) is 25.2 Å². The summed E-state index contributed by atoms with van der Waals surface area (Å²) in [7, 11) is 2.16. The van der Waals surface area contributed by atoms with Gasteiger partial charge in [0, 0.05) is 18.7 Å². The van der Waals surface area contributed by atoms with Crippen LogP contribution in [0.25, 0.3) is 0 Å². The van der Waals surface area contributed by atoms with Gasteiger partial charge in [0.1, 0.15) is 0 Å². The van der Waals surface area contributed by atoms with Gasteiger partial charge in [0.25, 0.3) is 6.43 Å². The lowest BCUT2D eigenvalue weighted by Crippen LogP contribution is -2.41. The van der Waals surface area contributed by atoms with Crippen molar-refractivity contribution in [2.45, 2.75) is 32.7 Å². The summed E-state index contributed by atoms with van der Waals surface area (Å²) in [5.74, 6) is 0. The topological polar surface area (TPSA) is 15.3 Å². The summed E-state index contributed by atoms with van der Waals surface area (Å²) < 4.78 is 25.3. The van der Waals surface area contributed by atoms with Crippen LogP contribution in [0.1, 0.15) is 37.3 Å². The molecular formula is C16H24F2N2. The molecule has 1 heterocycles. The molecule has 0 amide bonds. The zero-order valence-corrected chi connectivity index (χ0v) is 12.3. The lowest BCUT2D eigenvalue weighted by molar-refractivity contribution is 0.136. The Kier molecular flexibility index (Phi) is 5.11. The van der Waals surface area contributed by atoms with Crippen LogP contribution in [0.4, 0.5) is 8.78 Å². The molecule has 2 rings (SSSR count). The third kappa shape index (κ3) is 4.25. The molecular weight excluding hydrogens is 258 g/mol. The third-order valence-electron chi connectivity index (χ3n) is 4.28. The number of nitrogens with one attached hydrogen (secondary N) is 1. The molecule has 0 saturated carbocycles. The van der Waals surface area contributed by atoms with Gasteiger partial charge >= 0.3 is 0 Å². The zero-order valence-electron chi connectivity index (χ0n) is 12.3. The van der Waals surface area contributed by atoms with Crippen LogP contribution in [-0.2, 0) is 6.54 Å². The molecule has 1 aromatic carbocycles. The van der Waals surface area contributed by atoms with Crippen LogP contribution in [0.2, 0.25) is 0 Å². The van der Waals surface area contributed by atoms with Crippen molar-refractivity contribution >= 4 is 0 Å². The summed E-state index contributed by atoms with van der Waals surface area (Å²) >= 11 is 0. The van der Waals surface area contributed by atoms with E-state index >= 15 is 0 Å². The Balaban J connectivity index is 1.82. The molecule has 1 aliphatic heterocycles. The Hall–Kier alpha value is -1.00. The molecule has 1 aliphatic rings. The van der Waals surface area contributed by atoms with Gasteiger partial charge in [-0.2, -0.15) is 0 Å². The number of nitrogens with zero attached hydrogens (tertiary/aromatic N) is 1. The van der Waals surface area contributed by atoms with Gasteiger partial charge in [-0.15, -0.1) is 0 Å². The van der Waals surface area contributed by atoms with E-state index in [1.807, 2.05) is 6.07 Å². The van der Waals surface area contributed by atoms with E-state index in [1.165, 1.54) is 18.9 Å². The molecule has 1 N–H and O–H groups in total. The van der Waals surface area contributed by atoms with Crippen molar-refractivity contribution in [3.63, 3.8) is 0 Å². The molecule has 2 nitrogen and oxygen atoms in total. The molecule has 0 unspecified atom stereocenters. The van der Waals surface area contributed by atoms with E-state index in [1.54, 1.807) is 12.1 Å². The molecule has 1 saturated heterocycles. The summed E-state index contributed by atoms with van der Waals surface area (Å²) in [6, 6.07) is 6.67. The van der Waals surface area contributed by atoms with Gasteiger partial charge in [-0.1, -0.05) is 25.1 Å². The zero-order chi connectivity index (χ0) is 14.6. The monoisotopic (exact) mass is 282 g/mol. The molecule has 20 heavy (non-hydrogen) atoms. The maximum Gasteiger partial charge on any atom is 0.263 e. The maximum absolute atomic E-state index is 12.6. The van der Waals surface area contributed by atoms with Crippen LogP contribution >= 0.6 is 0 Å². The smallest absolute Gasteiger partial charge is 0.263 e. The van der Waals surface area contributed by atoms with Crippen molar-refractivity contribution in [3.05, 3.63) is 35.4 Å². The molecule has 4 heteroatoms. The van der Waals surface area contributed by atoms with Crippen molar-refractivity contribution in [1.82, 2.24) is 10.2 Å². The number of benzene rings is 1. The first-order valence-electron chi connectivity index (χ1n) is 7.25. The maximum atomic E-state index is 12.6. The Morgan fingerprint density at radius 1 is 1.30 bits per heavy atom. The van der Waals surface area contributed by atoms with E-state index < -0.39 is 6.43 Å². The predicted molar refractivity (Wildman–Crippen MR) is 77.9 cm³/mol. The molecule has 0 atom stereocenters. The number of hydrogen-bond acceptors (Lipinski definition) is 2. The number of likely N-dealkylation sites (tertiary alicyclic amines) is 1. The molecule has 0 bridgehead atoms. The Labute approximate surface area is 120 Å². The Morgan fingerprint density at radius 2 is 2.00 bits per heavy atom. The minimum absolute atomic E-state index is 0.106. The van der Waals surface area contributed by atoms with Crippen molar-refractivity contribution < 1.29 is 8.78 Å². The molecule has 1 aromatic rings. The van der Waals surface area contributed by atoms with Gasteiger partial charge in [0.05, 0.1) is 0 Å². The SMILES string of the molecule is CN1CCC(C)(CNCc2cccc(C(F)F)c2)CC1.